The van der Waals surface area contributed by atoms with Gasteiger partial charge in [0, 0.05) is 12.3 Å². The van der Waals surface area contributed by atoms with Gasteiger partial charge in [-0.25, -0.2) is 14.6 Å². The van der Waals surface area contributed by atoms with E-state index in [0.717, 1.165) is 59.7 Å². The van der Waals surface area contributed by atoms with Crippen LogP contribution in [0.3, 0.4) is 0 Å². The van der Waals surface area contributed by atoms with Crippen LogP contribution in [0, 0.1) is 5.92 Å². The zero-order chi connectivity index (χ0) is 34.2. The molecule has 0 unspecified atom stereocenters. The molecule has 1 fully saturated rings. The third kappa shape index (κ3) is 7.39. The number of nitrogens with one attached hydrogen (secondary N) is 1. The molecule has 1 aliphatic carbocycles. The van der Waals surface area contributed by atoms with Gasteiger partial charge in [0.2, 0.25) is 0 Å². The first-order valence-corrected chi connectivity index (χ1v) is 18.1. The zero-order valence-corrected chi connectivity index (χ0v) is 29.5. The summed E-state index contributed by atoms with van der Waals surface area (Å²) < 4.78 is 20.0. The fourth-order valence-electron chi connectivity index (χ4n) is 6.61. The van der Waals surface area contributed by atoms with Crippen LogP contribution < -0.4 is 14.8 Å². The molecular weight excluding hydrogens is 637 g/mol. The van der Waals surface area contributed by atoms with E-state index in [1.165, 1.54) is 0 Å². The normalized spacial score (nSPS) is 17.8. The van der Waals surface area contributed by atoms with E-state index in [1.54, 1.807) is 30.7 Å². The summed E-state index contributed by atoms with van der Waals surface area (Å²) in [4.78, 5) is 9.66. The molecule has 2 aromatic heterocycles. The van der Waals surface area contributed by atoms with E-state index in [1.807, 2.05) is 42.5 Å². The summed E-state index contributed by atoms with van der Waals surface area (Å²) in [5.74, 6) is 3.20. The van der Waals surface area contributed by atoms with Crippen LogP contribution in [0.2, 0.25) is 0 Å². The second-order valence-corrected chi connectivity index (χ2v) is 13.5. The van der Waals surface area contributed by atoms with Crippen molar-refractivity contribution in [2.24, 2.45) is 5.92 Å². The number of aliphatic hydroxyl groups excluding tert-OH is 1. The number of aliphatic hydroxyl groups is 1. The molecular formula is C38H46N6O4S. The number of methoxy groups -OCH3 is 2. The molecule has 49 heavy (non-hydrogen) atoms. The van der Waals surface area contributed by atoms with E-state index in [4.69, 9.17) is 24.2 Å². The number of nitrogens with zero attached hydrogens (tertiary/aromatic N) is 5. The van der Waals surface area contributed by atoms with Crippen molar-refractivity contribution in [2.45, 2.75) is 68.9 Å². The number of aromatic nitrogens is 5. The molecule has 0 bridgehead atoms. The summed E-state index contributed by atoms with van der Waals surface area (Å²) in [6.45, 7) is 5.51. The van der Waals surface area contributed by atoms with Gasteiger partial charge >= 0.3 is 0 Å². The molecule has 0 radical (unpaired) electrons. The first-order chi connectivity index (χ1) is 24.0. The number of rotatable bonds is 16. The molecule has 11 heteroatoms. The van der Waals surface area contributed by atoms with Crippen LogP contribution in [0.25, 0.3) is 11.2 Å². The van der Waals surface area contributed by atoms with Crippen LogP contribution in [-0.2, 0) is 10.3 Å². The first-order valence-electron chi connectivity index (χ1n) is 17.2. The number of anilines is 1. The topological polar surface area (TPSA) is 116 Å². The second-order valence-electron chi connectivity index (χ2n) is 12.5. The van der Waals surface area contributed by atoms with Crippen molar-refractivity contribution < 1.29 is 19.3 Å². The summed E-state index contributed by atoms with van der Waals surface area (Å²) in [5.41, 5.74) is 3.29. The predicted octanol–water partition coefficient (Wildman–Crippen LogP) is 7.27. The zero-order valence-electron chi connectivity index (χ0n) is 28.7. The molecule has 2 N–H and O–H groups in total. The minimum atomic E-state index is -0.930. The lowest BCUT2D eigenvalue weighted by molar-refractivity contribution is -0.00922. The molecule has 5 aromatic rings. The summed E-state index contributed by atoms with van der Waals surface area (Å²) in [5, 5.41) is 24.7. The third-order valence-corrected chi connectivity index (χ3v) is 10.2. The van der Waals surface area contributed by atoms with E-state index in [-0.39, 0.29) is 12.0 Å². The highest BCUT2D eigenvalue weighted by Crippen LogP contribution is 2.44. The summed E-state index contributed by atoms with van der Waals surface area (Å²) in [7, 11) is 3.33. The standard InChI is InChI=1S/C38H46N6O4S/c1-5-7-21-39-35-34-36(41-37(40-35)49-22-6-2)44(43-42-34)32-23-26(24-33(32)45)25-48-38(27-11-9-8-10-12-27,28-13-17-30(46-3)18-14-28)29-15-19-31(47-4)20-16-29/h8-20,26,32-33,45H,5-7,21-25H2,1-4H3,(H,39,40,41)/t26-,32+,33+/m0/s1. The number of unbranched alkanes of at least 4 members (excludes halogenated alkanes) is 1. The molecule has 6 rings (SSSR count). The SMILES string of the molecule is CCCCNc1nc(SCCC)nc2c1nnn2[C@@H]1C[C@H](COC(c2ccccc2)(c2ccc(OC)cc2)c2ccc(OC)cc2)C[C@H]1O. The Morgan fingerprint density at radius 2 is 1.51 bits per heavy atom. The lowest BCUT2D eigenvalue weighted by Gasteiger charge is -2.37. The highest BCUT2D eigenvalue weighted by Gasteiger charge is 2.42. The molecule has 10 nitrogen and oxygen atoms in total. The maximum atomic E-state index is 11.5. The van der Waals surface area contributed by atoms with Gasteiger partial charge in [0.1, 0.15) is 17.1 Å². The van der Waals surface area contributed by atoms with E-state index < -0.39 is 11.7 Å². The number of hydrogen-bond donors (Lipinski definition) is 2. The predicted molar refractivity (Wildman–Crippen MR) is 194 cm³/mol. The number of benzene rings is 3. The van der Waals surface area contributed by atoms with E-state index in [9.17, 15) is 5.11 Å². The van der Waals surface area contributed by atoms with Crippen LogP contribution in [0.4, 0.5) is 5.82 Å². The highest BCUT2D eigenvalue weighted by atomic mass is 32.2. The second kappa shape index (κ2) is 16.0. The van der Waals surface area contributed by atoms with Gasteiger partial charge in [-0.15, -0.1) is 5.10 Å². The van der Waals surface area contributed by atoms with E-state index in [2.05, 4.69) is 65.9 Å². The Labute approximate surface area is 292 Å². The maximum absolute atomic E-state index is 11.5. The van der Waals surface area contributed by atoms with Gasteiger partial charge < -0.3 is 24.6 Å². The highest BCUT2D eigenvalue weighted by molar-refractivity contribution is 7.99. The molecule has 1 saturated carbocycles. The van der Waals surface area contributed by atoms with Crippen molar-refractivity contribution >= 4 is 28.7 Å². The van der Waals surface area contributed by atoms with Crippen molar-refractivity contribution in [3.8, 4) is 11.5 Å². The van der Waals surface area contributed by atoms with Gasteiger partial charge in [-0.1, -0.05) is 91.8 Å². The van der Waals surface area contributed by atoms with Crippen LogP contribution in [0.15, 0.2) is 84.0 Å². The molecule has 0 saturated heterocycles. The van der Waals surface area contributed by atoms with Gasteiger partial charge in [-0.3, -0.25) is 0 Å². The molecule has 0 spiro atoms. The van der Waals surface area contributed by atoms with Crippen LogP contribution in [0.5, 0.6) is 11.5 Å². The number of hydrogen-bond acceptors (Lipinski definition) is 10. The Kier molecular flexibility index (Phi) is 11.3. The molecule has 2 heterocycles. The maximum Gasteiger partial charge on any atom is 0.191 e. The summed E-state index contributed by atoms with van der Waals surface area (Å²) in [6, 6.07) is 26.1. The average molecular weight is 683 g/mol. The summed E-state index contributed by atoms with van der Waals surface area (Å²) >= 11 is 1.62. The van der Waals surface area contributed by atoms with E-state index >= 15 is 0 Å². The lowest BCUT2D eigenvalue weighted by atomic mass is 9.80. The van der Waals surface area contributed by atoms with Crippen molar-refractivity contribution in [2.75, 3.05) is 38.4 Å². The molecule has 3 atom stereocenters. The van der Waals surface area contributed by atoms with Crippen LogP contribution >= 0.6 is 11.8 Å². The van der Waals surface area contributed by atoms with Crippen molar-refractivity contribution in [3.63, 3.8) is 0 Å². The van der Waals surface area contributed by atoms with Crippen molar-refractivity contribution in [3.05, 3.63) is 95.6 Å². The van der Waals surface area contributed by atoms with Crippen molar-refractivity contribution in [1.29, 1.82) is 0 Å². The lowest BCUT2D eigenvalue weighted by Crippen LogP contribution is -2.34. The van der Waals surface area contributed by atoms with Gasteiger partial charge in [0.15, 0.2) is 22.1 Å². The Morgan fingerprint density at radius 3 is 2.12 bits per heavy atom. The minimum absolute atomic E-state index is 0.0526. The third-order valence-electron chi connectivity index (χ3n) is 9.18. The molecule has 258 valence electrons. The Balaban J connectivity index is 1.32. The Morgan fingerprint density at radius 1 is 0.857 bits per heavy atom. The molecule has 1 aliphatic rings. The smallest absolute Gasteiger partial charge is 0.191 e. The number of thioether (sulfide) groups is 1. The average Bonchev–Trinajstić information content (AvgIpc) is 3.74. The van der Waals surface area contributed by atoms with Gasteiger partial charge in [-0.2, -0.15) is 0 Å². The summed E-state index contributed by atoms with van der Waals surface area (Å²) in [6.07, 6.45) is 3.71. The van der Waals surface area contributed by atoms with Crippen LogP contribution in [-0.4, -0.2) is 69.3 Å². The molecule has 0 amide bonds. The number of ether oxygens (including phenoxy) is 3. The first kappa shape index (κ1) is 34.7. The van der Waals surface area contributed by atoms with Gasteiger partial charge in [0.25, 0.3) is 0 Å². The van der Waals surface area contributed by atoms with E-state index in [0.29, 0.717) is 41.6 Å². The van der Waals surface area contributed by atoms with Gasteiger partial charge in [-0.05, 0) is 72.6 Å². The van der Waals surface area contributed by atoms with Crippen molar-refractivity contribution in [1.82, 2.24) is 25.0 Å². The Hall–Kier alpha value is -4.19. The van der Waals surface area contributed by atoms with Crippen LogP contribution in [0.1, 0.15) is 68.7 Å². The monoisotopic (exact) mass is 682 g/mol. The number of fused-ring (bicyclic) bond motifs is 1. The largest absolute Gasteiger partial charge is 0.497 e. The minimum Gasteiger partial charge on any atom is -0.497 e. The van der Waals surface area contributed by atoms with Gasteiger partial charge in [0.05, 0.1) is 33.0 Å². The molecule has 3 aromatic carbocycles. The molecule has 0 aliphatic heterocycles. The fraction of sp³-hybridized carbons (Fsp3) is 0.421. The quantitative estimate of drug-likeness (QED) is 0.0476. The fourth-order valence-corrected chi connectivity index (χ4v) is 7.30. The Bertz CT molecular complexity index is 1740.